The average Bonchev–Trinajstić information content (AvgIpc) is 2.27. The molecule has 0 spiro atoms. The van der Waals surface area contributed by atoms with Crippen LogP contribution in [0.25, 0.3) is 0 Å². The first-order valence-corrected chi connectivity index (χ1v) is 6.17. The fraction of sp³-hybridized carbons (Fsp3) is 1.00. The molecule has 1 fully saturated rings. The minimum absolute atomic E-state index is 0.168. The standard InChI is InChI=1S/C11H26N4O/c1-10(16,15-8-7-12)11(13,14)9-5-3-2-4-6-9/h9,15-16H,2-8,12-14H2,1H3. The van der Waals surface area contributed by atoms with E-state index in [9.17, 15) is 5.11 Å². The summed E-state index contributed by atoms with van der Waals surface area (Å²) in [6.45, 7) is 2.60. The van der Waals surface area contributed by atoms with Gasteiger partial charge in [-0.2, -0.15) is 0 Å². The molecular formula is C11H26N4O. The van der Waals surface area contributed by atoms with Gasteiger partial charge >= 0.3 is 0 Å². The highest BCUT2D eigenvalue weighted by molar-refractivity contribution is 5.00. The predicted octanol–water partition coefficient (Wildman–Crippen LogP) is -0.563. The molecule has 1 unspecified atom stereocenters. The van der Waals surface area contributed by atoms with E-state index in [1.165, 1.54) is 6.42 Å². The van der Waals surface area contributed by atoms with Crippen LogP contribution in [-0.4, -0.2) is 29.6 Å². The molecule has 0 aromatic rings. The van der Waals surface area contributed by atoms with Crippen molar-refractivity contribution in [3.05, 3.63) is 0 Å². The maximum atomic E-state index is 10.3. The molecule has 1 saturated carbocycles. The van der Waals surface area contributed by atoms with Crippen LogP contribution in [-0.2, 0) is 0 Å². The lowest BCUT2D eigenvalue weighted by atomic mass is 9.76. The van der Waals surface area contributed by atoms with E-state index in [1.54, 1.807) is 6.92 Å². The van der Waals surface area contributed by atoms with Crippen molar-refractivity contribution in [1.29, 1.82) is 0 Å². The Labute approximate surface area is 97.7 Å². The van der Waals surface area contributed by atoms with Gasteiger partial charge in [-0.25, -0.2) is 0 Å². The van der Waals surface area contributed by atoms with Gasteiger partial charge in [-0.1, -0.05) is 19.3 Å². The van der Waals surface area contributed by atoms with Crippen LogP contribution < -0.4 is 22.5 Å². The zero-order valence-corrected chi connectivity index (χ0v) is 10.2. The molecule has 1 aliphatic carbocycles. The van der Waals surface area contributed by atoms with Crippen LogP contribution in [0.15, 0.2) is 0 Å². The summed E-state index contributed by atoms with van der Waals surface area (Å²) in [6, 6.07) is 0. The highest BCUT2D eigenvalue weighted by Crippen LogP contribution is 2.33. The second-order valence-electron chi connectivity index (χ2n) is 5.06. The normalized spacial score (nSPS) is 23.1. The molecule has 1 atom stereocenters. The fourth-order valence-electron chi connectivity index (χ4n) is 2.45. The highest BCUT2D eigenvalue weighted by Gasteiger charge is 2.46. The summed E-state index contributed by atoms with van der Waals surface area (Å²) in [5.74, 6) is 0.168. The van der Waals surface area contributed by atoms with E-state index in [1.807, 2.05) is 0 Å². The Morgan fingerprint density at radius 2 is 1.81 bits per heavy atom. The van der Waals surface area contributed by atoms with Crippen LogP contribution in [0, 0.1) is 5.92 Å². The maximum absolute atomic E-state index is 10.3. The molecule has 5 nitrogen and oxygen atoms in total. The lowest BCUT2D eigenvalue weighted by Crippen LogP contribution is -2.75. The van der Waals surface area contributed by atoms with E-state index in [0.29, 0.717) is 13.1 Å². The quantitative estimate of drug-likeness (QED) is 0.407. The van der Waals surface area contributed by atoms with E-state index in [-0.39, 0.29) is 5.92 Å². The van der Waals surface area contributed by atoms with Gasteiger partial charge in [-0.05, 0) is 25.7 Å². The van der Waals surface area contributed by atoms with Gasteiger partial charge in [0.05, 0.1) is 0 Å². The summed E-state index contributed by atoms with van der Waals surface area (Å²) in [5.41, 5.74) is 15.3. The largest absolute Gasteiger partial charge is 0.373 e. The number of nitrogens with two attached hydrogens (primary N) is 3. The van der Waals surface area contributed by atoms with Crippen LogP contribution in [0.3, 0.4) is 0 Å². The van der Waals surface area contributed by atoms with Crippen LogP contribution >= 0.6 is 0 Å². The van der Waals surface area contributed by atoms with Crippen molar-refractivity contribution < 1.29 is 5.11 Å². The highest BCUT2D eigenvalue weighted by atomic mass is 16.3. The summed E-state index contributed by atoms with van der Waals surface area (Å²) in [4.78, 5) is 0. The molecule has 96 valence electrons. The number of aliphatic hydroxyl groups is 1. The van der Waals surface area contributed by atoms with Crippen molar-refractivity contribution in [2.45, 2.75) is 50.4 Å². The van der Waals surface area contributed by atoms with Crippen LogP contribution in [0.4, 0.5) is 0 Å². The summed E-state index contributed by atoms with van der Waals surface area (Å²) in [6.07, 6.45) is 5.52. The minimum atomic E-state index is -1.27. The fourth-order valence-corrected chi connectivity index (χ4v) is 2.45. The molecule has 0 aromatic carbocycles. The number of hydrogen-bond acceptors (Lipinski definition) is 5. The third-order valence-electron chi connectivity index (χ3n) is 3.74. The Hall–Kier alpha value is -0.200. The summed E-state index contributed by atoms with van der Waals surface area (Å²) < 4.78 is 0. The number of nitrogens with one attached hydrogen (secondary N) is 1. The van der Waals surface area contributed by atoms with Gasteiger partial charge < -0.3 is 22.3 Å². The van der Waals surface area contributed by atoms with Crippen molar-refractivity contribution in [3.63, 3.8) is 0 Å². The van der Waals surface area contributed by atoms with Gasteiger partial charge in [0, 0.05) is 13.1 Å². The molecule has 0 saturated heterocycles. The molecule has 0 aliphatic heterocycles. The predicted molar refractivity (Wildman–Crippen MR) is 65.4 cm³/mol. The third kappa shape index (κ3) is 2.93. The lowest BCUT2D eigenvalue weighted by molar-refractivity contribution is -0.0772. The molecule has 0 radical (unpaired) electrons. The first-order valence-electron chi connectivity index (χ1n) is 6.17. The van der Waals surface area contributed by atoms with Gasteiger partial charge in [0.1, 0.15) is 11.4 Å². The van der Waals surface area contributed by atoms with Crippen LogP contribution in [0.5, 0.6) is 0 Å². The van der Waals surface area contributed by atoms with Gasteiger partial charge in [0.2, 0.25) is 0 Å². The molecule has 8 N–H and O–H groups in total. The summed E-state index contributed by atoms with van der Waals surface area (Å²) >= 11 is 0. The first kappa shape index (κ1) is 13.9. The molecule has 0 amide bonds. The Bertz CT molecular complexity index is 212. The topological polar surface area (TPSA) is 110 Å². The third-order valence-corrected chi connectivity index (χ3v) is 3.74. The molecular weight excluding hydrogens is 204 g/mol. The lowest BCUT2D eigenvalue weighted by Gasteiger charge is -2.46. The van der Waals surface area contributed by atoms with E-state index in [0.717, 1.165) is 25.7 Å². The summed E-state index contributed by atoms with van der Waals surface area (Å²) in [7, 11) is 0. The van der Waals surface area contributed by atoms with E-state index >= 15 is 0 Å². The van der Waals surface area contributed by atoms with Crippen LogP contribution in [0.1, 0.15) is 39.0 Å². The van der Waals surface area contributed by atoms with Crippen molar-refractivity contribution in [2.24, 2.45) is 23.1 Å². The zero-order chi connectivity index (χ0) is 12.2. The zero-order valence-electron chi connectivity index (χ0n) is 10.2. The van der Waals surface area contributed by atoms with Gasteiger partial charge in [-0.3, -0.25) is 5.32 Å². The second kappa shape index (κ2) is 5.42. The molecule has 0 heterocycles. The number of rotatable bonds is 5. The SMILES string of the molecule is CC(O)(NCCN)C(N)(N)C1CCCCC1. The van der Waals surface area contributed by atoms with E-state index in [2.05, 4.69) is 5.32 Å². The van der Waals surface area contributed by atoms with Gasteiger partial charge in [0.25, 0.3) is 0 Å². The molecule has 1 rings (SSSR count). The van der Waals surface area contributed by atoms with Crippen molar-refractivity contribution in [1.82, 2.24) is 5.32 Å². The first-order chi connectivity index (χ1) is 7.42. The second-order valence-corrected chi connectivity index (χ2v) is 5.06. The average molecular weight is 230 g/mol. The van der Waals surface area contributed by atoms with Crippen LogP contribution in [0.2, 0.25) is 0 Å². The summed E-state index contributed by atoms with van der Waals surface area (Å²) in [5, 5.41) is 13.2. The Morgan fingerprint density at radius 1 is 1.25 bits per heavy atom. The molecule has 0 bridgehead atoms. The molecule has 5 heteroatoms. The van der Waals surface area contributed by atoms with Gasteiger partial charge in [0.15, 0.2) is 0 Å². The Balaban J connectivity index is 2.65. The van der Waals surface area contributed by atoms with Crippen molar-refractivity contribution in [2.75, 3.05) is 13.1 Å². The van der Waals surface area contributed by atoms with Gasteiger partial charge in [-0.15, -0.1) is 0 Å². The smallest absolute Gasteiger partial charge is 0.144 e. The molecule has 0 aromatic heterocycles. The molecule has 1 aliphatic rings. The Kier molecular flexibility index (Phi) is 4.70. The van der Waals surface area contributed by atoms with Crippen molar-refractivity contribution >= 4 is 0 Å². The molecule has 16 heavy (non-hydrogen) atoms. The van der Waals surface area contributed by atoms with Crippen molar-refractivity contribution in [3.8, 4) is 0 Å². The minimum Gasteiger partial charge on any atom is -0.373 e. The monoisotopic (exact) mass is 230 g/mol. The van der Waals surface area contributed by atoms with E-state index < -0.39 is 11.4 Å². The van der Waals surface area contributed by atoms with E-state index in [4.69, 9.17) is 17.2 Å². The number of hydrogen-bond donors (Lipinski definition) is 5. The Morgan fingerprint density at radius 3 is 2.31 bits per heavy atom. The maximum Gasteiger partial charge on any atom is 0.144 e.